The molecule has 7 heteroatoms. The molecule has 1 aromatic heterocycles. The van der Waals surface area contributed by atoms with E-state index in [2.05, 4.69) is 40.5 Å². The Balaban J connectivity index is 1.37. The van der Waals surface area contributed by atoms with Crippen LogP contribution in [0.25, 0.3) is 0 Å². The molecule has 0 N–H and O–H groups in total. The summed E-state index contributed by atoms with van der Waals surface area (Å²) in [7, 11) is 1.62. The van der Waals surface area contributed by atoms with Crippen LogP contribution in [0, 0.1) is 6.92 Å². The van der Waals surface area contributed by atoms with Crippen molar-refractivity contribution in [1.29, 1.82) is 0 Å². The number of benzene rings is 2. The Morgan fingerprint density at radius 1 is 1.03 bits per heavy atom. The third-order valence-corrected chi connectivity index (χ3v) is 6.15. The Labute approximate surface area is 181 Å². The zero-order valence-corrected chi connectivity index (χ0v) is 18.2. The average Bonchev–Trinajstić information content (AvgIpc) is 3.09. The predicted molar refractivity (Wildman–Crippen MR) is 120 cm³/mol. The number of carbonyl (C=O) groups excluding carboxylic acids is 1. The van der Waals surface area contributed by atoms with Gasteiger partial charge < -0.3 is 14.5 Å². The Hall–Kier alpha value is -2.93. The normalized spacial score (nSPS) is 14.5. The third-order valence-electron chi connectivity index (χ3n) is 5.33. The second kappa shape index (κ2) is 9.26. The third kappa shape index (κ3) is 4.79. The molecule has 0 bridgehead atoms. The highest BCUT2D eigenvalue weighted by atomic mass is 32.1. The topological polar surface area (TPSA) is 58.6 Å². The summed E-state index contributed by atoms with van der Waals surface area (Å²) in [6, 6.07) is 15.8. The summed E-state index contributed by atoms with van der Waals surface area (Å²) >= 11 is 1.45. The van der Waals surface area contributed by atoms with Gasteiger partial charge in [-0.25, -0.2) is 4.98 Å². The molecular formula is C23H26N4O2S. The van der Waals surface area contributed by atoms with E-state index in [0.717, 1.165) is 49.2 Å². The number of amides is 1. The van der Waals surface area contributed by atoms with E-state index in [4.69, 9.17) is 9.72 Å². The summed E-state index contributed by atoms with van der Waals surface area (Å²) in [4.78, 5) is 21.8. The quantitative estimate of drug-likeness (QED) is 0.626. The van der Waals surface area contributed by atoms with Gasteiger partial charge in [-0.05, 0) is 43.2 Å². The van der Waals surface area contributed by atoms with Gasteiger partial charge in [-0.1, -0.05) is 29.8 Å². The van der Waals surface area contributed by atoms with E-state index >= 15 is 0 Å². The molecule has 4 rings (SSSR count). The van der Waals surface area contributed by atoms with Crippen molar-refractivity contribution in [1.82, 2.24) is 14.3 Å². The number of nitrogens with zero attached hydrogens (tertiary/aromatic N) is 4. The van der Waals surface area contributed by atoms with Crippen LogP contribution in [0.4, 0.5) is 5.13 Å². The summed E-state index contributed by atoms with van der Waals surface area (Å²) in [5, 5.41) is 0.941. The van der Waals surface area contributed by atoms with Crippen molar-refractivity contribution in [2.24, 2.45) is 0 Å². The van der Waals surface area contributed by atoms with Crippen molar-refractivity contribution in [2.45, 2.75) is 19.8 Å². The largest absolute Gasteiger partial charge is 0.497 e. The van der Waals surface area contributed by atoms with Gasteiger partial charge in [-0.3, -0.25) is 4.79 Å². The van der Waals surface area contributed by atoms with Crippen LogP contribution in [0.3, 0.4) is 0 Å². The van der Waals surface area contributed by atoms with Crippen LogP contribution < -0.4 is 9.64 Å². The molecule has 2 aromatic carbocycles. The average molecular weight is 423 g/mol. The number of anilines is 1. The molecule has 1 aliphatic rings. The van der Waals surface area contributed by atoms with Crippen LogP contribution in [0.2, 0.25) is 0 Å². The van der Waals surface area contributed by atoms with Crippen LogP contribution in [0.1, 0.15) is 33.7 Å². The van der Waals surface area contributed by atoms with E-state index in [9.17, 15) is 4.79 Å². The highest BCUT2D eigenvalue weighted by Crippen LogP contribution is 2.21. The fourth-order valence-corrected chi connectivity index (χ4v) is 4.30. The predicted octanol–water partition coefficient (Wildman–Crippen LogP) is 3.80. The molecule has 0 atom stereocenters. The molecule has 1 aliphatic heterocycles. The first kappa shape index (κ1) is 20.3. The van der Waals surface area contributed by atoms with E-state index in [-0.39, 0.29) is 5.91 Å². The van der Waals surface area contributed by atoms with Crippen LogP contribution in [-0.2, 0) is 6.42 Å². The van der Waals surface area contributed by atoms with E-state index in [1.165, 1.54) is 22.7 Å². The maximum atomic E-state index is 12.9. The number of rotatable bonds is 5. The van der Waals surface area contributed by atoms with Crippen LogP contribution in [0.15, 0.2) is 48.5 Å². The van der Waals surface area contributed by atoms with Gasteiger partial charge in [0, 0.05) is 49.7 Å². The molecule has 1 saturated heterocycles. The highest BCUT2D eigenvalue weighted by Gasteiger charge is 2.22. The molecule has 1 amide bonds. The van der Waals surface area contributed by atoms with Gasteiger partial charge in [-0.2, -0.15) is 4.37 Å². The monoisotopic (exact) mass is 422 g/mol. The zero-order chi connectivity index (χ0) is 20.9. The minimum absolute atomic E-state index is 0.0665. The van der Waals surface area contributed by atoms with Gasteiger partial charge in [0.05, 0.1) is 7.11 Å². The van der Waals surface area contributed by atoms with Crippen molar-refractivity contribution in [3.8, 4) is 5.75 Å². The van der Waals surface area contributed by atoms with E-state index in [1.807, 2.05) is 29.2 Å². The Kier molecular flexibility index (Phi) is 6.28. The van der Waals surface area contributed by atoms with Gasteiger partial charge in [-0.15, -0.1) is 0 Å². The zero-order valence-electron chi connectivity index (χ0n) is 17.4. The number of aromatic nitrogens is 2. The Morgan fingerprint density at radius 3 is 2.53 bits per heavy atom. The number of methoxy groups -OCH3 is 1. The standard InChI is InChI=1S/C23H26N4O2S/c1-17-4-6-18(7-5-17)16-21-24-23(30-25-21)27-13-3-12-26(14-15-27)22(28)19-8-10-20(29-2)11-9-19/h4-11H,3,12-16H2,1-2H3. The van der Waals surface area contributed by atoms with E-state index in [0.29, 0.717) is 12.1 Å². The van der Waals surface area contributed by atoms with Crippen molar-refractivity contribution >= 4 is 22.6 Å². The molecular weight excluding hydrogens is 396 g/mol. The molecule has 156 valence electrons. The molecule has 30 heavy (non-hydrogen) atoms. The van der Waals surface area contributed by atoms with Crippen molar-refractivity contribution in [3.05, 3.63) is 71.0 Å². The number of hydrogen-bond donors (Lipinski definition) is 0. The molecule has 0 radical (unpaired) electrons. The molecule has 2 heterocycles. The molecule has 1 fully saturated rings. The maximum Gasteiger partial charge on any atom is 0.253 e. The van der Waals surface area contributed by atoms with Crippen LogP contribution in [0.5, 0.6) is 5.75 Å². The molecule has 0 unspecified atom stereocenters. The van der Waals surface area contributed by atoms with E-state index < -0.39 is 0 Å². The number of ether oxygens (including phenoxy) is 1. The first-order valence-corrected chi connectivity index (χ1v) is 11.0. The van der Waals surface area contributed by atoms with Gasteiger partial charge in [0.25, 0.3) is 5.91 Å². The number of aryl methyl sites for hydroxylation is 1. The van der Waals surface area contributed by atoms with Gasteiger partial charge in [0.2, 0.25) is 5.13 Å². The lowest BCUT2D eigenvalue weighted by Gasteiger charge is -2.21. The number of hydrogen-bond acceptors (Lipinski definition) is 6. The first-order valence-electron chi connectivity index (χ1n) is 10.2. The lowest BCUT2D eigenvalue weighted by Crippen LogP contribution is -2.35. The molecule has 0 saturated carbocycles. The van der Waals surface area contributed by atoms with Gasteiger partial charge >= 0.3 is 0 Å². The minimum atomic E-state index is 0.0665. The van der Waals surface area contributed by atoms with Gasteiger partial charge in [0.1, 0.15) is 11.6 Å². The summed E-state index contributed by atoms with van der Waals surface area (Å²) in [5.41, 5.74) is 3.17. The van der Waals surface area contributed by atoms with Crippen molar-refractivity contribution in [3.63, 3.8) is 0 Å². The van der Waals surface area contributed by atoms with E-state index in [1.54, 1.807) is 7.11 Å². The smallest absolute Gasteiger partial charge is 0.253 e. The summed E-state index contributed by atoms with van der Waals surface area (Å²) in [5.74, 6) is 1.68. The van der Waals surface area contributed by atoms with Crippen molar-refractivity contribution < 1.29 is 9.53 Å². The number of carbonyl (C=O) groups is 1. The second-order valence-electron chi connectivity index (χ2n) is 7.52. The Morgan fingerprint density at radius 2 is 1.80 bits per heavy atom. The first-order chi connectivity index (χ1) is 14.6. The minimum Gasteiger partial charge on any atom is -0.497 e. The summed E-state index contributed by atoms with van der Waals surface area (Å²) < 4.78 is 9.73. The fourth-order valence-electron chi connectivity index (χ4n) is 3.56. The molecule has 0 spiro atoms. The fraction of sp³-hybridized carbons (Fsp3) is 0.348. The van der Waals surface area contributed by atoms with Crippen molar-refractivity contribution in [2.75, 3.05) is 38.2 Å². The molecule has 6 nitrogen and oxygen atoms in total. The van der Waals surface area contributed by atoms with Crippen LogP contribution >= 0.6 is 11.5 Å². The van der Waals surface area contributed by atoms with Crippen LogP contribution in [-0.4, -0.2) is 53.5 Å². The molecule has 3 aromatic rings. The highest BCUT2D eigenvalue weighted by molar-refractivity contribution is 7.09. The maximum absolute atomic E-state index is 12.9. The lowest BCUT2D eigenvalue weighted by molar-refractivity contribution is 0.0767. The summed E-state index contributed by atoms with van der Waals surface area (Å²) in [6.45, 7) is 5.16. The summed E-state index contributed by atoms with van der Waals surface area (Å²) in [6.07, 6.45) is 1.65. The van der Waals surface area contributed by atoms with Gasteiger partial charge in [0.15, 0.2) is 0 Å². The Bertz CT molecular complexity index is 985. The molecule has 0 aliphatic carbocycles. The SMILES string of the molecule is COc1ccc(C(=O)N2CCCN(c3nc(Cc4ccc(C)cc4)ns3)CC2)cc1. The lowest BCUT2D eigenvalue weighted by atomic mass is 10.1. The second-order valence-corrected chi connectivity index (χ2v) is 8.25.